The second kappa shape index (κ2) is 8.42. The topological polar surface area (TPSA) is 72.5 Å². The number of anilines is 3. The van der Waals surface area contributed by atoms with Gasteiger partial charge < -0.3 is 20.1 Å². The van der Waals surface area contributed by atoms with E-state index in [1.807, 2.05) is 12.1 Å². The standard InChI is InChI=1S/C20H18ClN3O3/c1-26-15-7-8-18(19(10-15)27-2)23-14-9-13(11-22-12-14)20(25)24-17-6-4-3-5-16(17)21/h3-12,23H,1-2H3,(H,24,25). The van der Waals surface area contributed by atoms with Crippen LogP contribution in [-0.4, -0.2) is 25.1 Å². The first-order valence-corrected chi connectivity index (χ1v) is 8.48. The third-order valence-electron chi connectivity index (χ3n) is 3.81. The first-order chi connectivity index (χ1) is 13.1. The second-order valence-corrected chi connectivity index (χ2v) is 5.99. The van der Waals surface area contributed by atoms with E-state index in [2.05, 4.69) is 15.6 Å². The molecule has 0 bridgehead atoms. The van der Waals surface area contributed by atoms with Gasteiger partial charge in [-0.05, 0) is 30.3 Å². The quantitative estimate of drug-likeness (QED) is 0.642. The maximum absolute atomic E-state index is 12.5. The van der Waals surface area contributed by atoms with Gasteiger partial charge >= 0.3 is 0 Å². The number of halogens is 1. The molecule has 27 heavy (non-hydrogen) atoms. The van der Waals surface area contributed by atoms with E-state index in [0.29, 0.717) is 33.5 Å². The van der Waals surface area contributed by atoms with Crippen LogP contribution in [0.2, 0.25) is 5.02 Å². The molecule has 2 N–H and O–H groups in total. The molecule has 138 valence electrons. The fourth-order valence-electron chi connectivity index (χ4n) is 2.45. The molecule has 0 saturated carbocycles. The maximum Gasteiger partial charge on any atom is 0.257 e. The van der Waals surface area contributed by atoms with Gasteiger partial charge in [-0.2, -0.15) is 0 Å². The smallest absolute Gasteiger partial charge is 0.257 e. The minimum atomic E-state index is -0.305. The molecule has 0 fully saturated rings. The Labute approximate surface area is 162 Å². The van der Waals surface area contributed by atoms with E-state index in [4.69, 9.17) is 21.1 Å². The van der Waals surface area contributed by atoms with Gasteiger partial charge in [0, 0.05) is 12.3 Å². The van der Waals surface area contributed by atoms with Crippen LogP contribution in [0, 0.1) is 0 Å². The summed E-state index contributed by atoms with van der Waals surface area (Å²) in [6.07, 6.45) is 3.11. The van der Waals surface area contributed by atoms with Gasteiger partial charge in [-0.1, -0.05) is 23.7 Å². The molecule has 3 aromatic rings. The number of ether oxygens (including phenoxy) is 2. The number of rotatable bonds is 6. The van der Waals surface area contributed by atoms with Gasteiger partial charge in [0.1, 0.15) is 11.5 Å². The lowest BCUT2D eigenvalue weighted by Gasteiger charge is -2.13. The summed E-state index contributed by atoms with van der Waals surface area (Å²) in [6.45, 7) is 0. The Bertz CT molecular complexity index is 963. The first kappa shape index (κ1) is 18.5. The van der Waals surface area contributed by atoms with Crippen LogP contribution in [-0.2, 0) is 0 Å². The third-order valence-corrected chi connectivity index (χ3v) is 4.14. The van der Waals surface area contributed by atoms with Gasteiger partial charge in [0.2, 0.25) is 0 Å². The predicted octanol–water partition coefficient (Wildman–Crippen LogP) is 4.75. The zero-order valence-electron chi connectivity index (χ0n) is 14.8. The van der Waals surface area contributed by atoms with Crippen LogP contribution in [0.4, 0.5) is 17.1 Å². The number of carbonyl (C=O) groups excluding carboxylic acids is 1. The number of para-hydroxylation sites is 1. The monoisotopic (exact) mass is 383 g/mol. The minimum Gasteiger partial charge on any atom is -0.497 e. The number of carbonyl (C=O) groups is 1. The summed E-state index contributed by atoms with van der Waals surface area (Å²) in [5.41, 5.74) is 2.31. The minimum absolute atomic E-state index is 0.305. The number of benzene rings is 2. The summed E-state index contributed by atoms with van der Waals surface area (Å²) < 4.78 is 10.6. The number of hydrogen-bond acceptors (Lipinski definition) is 5. The fraction of sp³-hybridized carbons (Fsp3) is 0.100. The predicted molar refractivity (Wildman–Crippen MR) is 106 cm³/mol. The summed E-state index contributed by atoms with van der Waals surface area (Å²) in [4.78, 5) is 16.6. The van der Waals surface area contributed by atoms with Crippen LogP contribution in [0.25, 0.3) is 0 Å². The highest BCUT2D eigenvalue weighted by Gasteiger charge is 2.11. The van der Waals surface area contributed by atoms with Gasteiger partial charge in [-0.15, -0.1) is 0 Å². The molecule has 3 rings (SSSR count). The van der Waals surface area contributed by atoms with E-state index in [1.54, 1.807) is 56.8 Å². The van der Waals surface area contributed by atoms with Crippen LogP contribution in [0.1, 0.15) is 10.4 Å². The lowest BCUT2D eigenvalue weighted by atomic mass is 10.2. The highest BCUT2D eigenvalue weighted by molar-refractivity contribution is 6.33. The molecule has 0 saturated heterocycles. The van der Waals surface area contributed by atoms with Crippen molar-refractivity contribution in [2.24, 2.45) is 0 Å². The van der Waals surface area contributed by atoms with Gasteiger partial charge in [0.05, 0.1) is 48.1 Å². The van der Waals surface area contributed by atoms with Crippen LogP contribution >= 0.6 is 11.6 Å². The molecule has 0 aliphatic heterocycles. The lowest BCUT2D eigenvalue weighted by molar-refractivity contribution is 0.102. The molecule has 0 aliphatic rings. The number of hydrogen-bond donors (Lipinski definition) is 2. The highest BCUT2D eigenvalue weighted by Crippen LogP contribution is 2.31. The molecule has 1 heterocycles. The van der Waals surface area contributed by atoms with Crippen LogP contribution in [0.15, 0.2) is 60.9 Å². The Morgan fingerprint density at radius 2 is 1.81 bits per heavy atom. The Hall–Kier alpha value is -3.25. The summed E-state index contributed by atoms with van der Waals surface area (Å²) >= 11 is 6.09. The molecule has 1 amide bonds. The van der Waals surface area contributed by atoms with Gasteiger partial charge in [0.25, 0.3) is 5.91 Å². The average Bonchev–Trinajstić information content (AvgIpc) is 2.70. The summed E-state index contributed by atoms with van der Waals surface area (Å²) in [6, 6.07) is 14.1. The summed E-state index contributed by atoms with van der Waals surface area (Å²) in [5.74, 6) is 0.990. The first-order valence-electron chi connectivity index (χ1n) is 8.10. The fourth-order valence-corrected chi connectivity index (χ4v) is 2.63. The van der Waals surface area contributed by atoms with Crippen molar-refractivity contribution in [2.75, 3.05) is 24.9 Å². The number of aromatic nitrogens is 1. The highest BCUT2D eigenvalue weighted by atomic mass is 35.5. The molecule has 0 aliphatic carbocycles. The molecular formula is C20H18ClN3O3. The van der Waals surface area contributed by atoms with E-state index in [9.17, 15) is 4.79 Å². The normalized spacial score (nSPS) is 10.2. The molecule has 0 spiro atoms. The molecular weight excluding hydrogens is 366 g/mol. The largest absolute Gasteiger partial charge is 0.497 e. The number of amides is 1. The zero-order chi connectivity index (χ0) is 19.2. The van der Waals surface area contributed by atoms with Crippen molar-refractivity contribution in [2.45, 2.75) is 0 Å². The number of pyridine rings is 1. The summed E-state index contributed by atoms with van der Waals surface area (Å²) in [7, 11) is 3.17. The molecule has 0 unspecified atom stereocenters. The van der Waals surface area contributed by atoms with Gasteiger partial charge in [-0.25, -0.2) is 0 Å². The Morgan fingerprint density at radius 3 is 2.56 bits per heavy atom. The third kappa shape index (κ3) is 4.48. The van der Waals surface area contributed by atoms with Crippen LogP contribution in [0.5, 0.6) is 11.5 Å². The van der Waals surface area contributed by atoms with E-state index in [0.717, 1.165) is 5.69 Å². The SMILES string of the molecule is COc1ccc(Nc2cncc(C(=O)Nc3ccccc3Cl)c2)c(OC)c1. The Morgan fingerprint density at radius 1 is 1.00 bits per heavy atom. The van der Waals surface area contributed by atoms with Crippen molar-refractivity contribution in [3.05, 3.63) is 71.5 Å². The number of nitrogens with one attached hydrogen (secondary N) is 2. The molecule has 0 atom stereocenters. The van der Waals surface area contributed by atoms with E-state index in [-0.39, 0.29) is 5.91 Å². The maximum atomic E-state index is 12.5. The second-order valence-electron chi connectivity index (χ2n) is 5.59. The molecule has 7 heteroatoms. The van der Waals surface area contributed by atoms with Crippen molar-refractivity contribution in [1.82, 2.24) is 4.98 Å². The number of methoxy groups -OCH3 is 2. The van der Waals surface area contributed by atoms with Crippen molar-refractivity contribution in [3.63, 3.8) is 0 Å². The van der Waals surface area contributed by atoms with E-state index in [1.165, 1.54) is 6.20 Å². The molecule has 6 nitrogen and oxygen atoms in total. The average molecular weight is 384 g/mol. The Kier molecular flexibility index (Phi) is 5.78. The van der Waals surface area contributed by atoms with Gasteiger partial charge in [0.15, 0.2) is 0 Å². The van der Waals surface area contributed by atoms with Crippen LogP contribution < -0.4 is 20.1 Å². The zero-order valence-corrected chi connectivity index (χ0v) is 15.6. The molecule has 2 aromatic carbocycles. The van der Waals surface area contributed by atoms with E-state index < -0.39 is 0 Å². The van der Waals surface area contributed by atoms with Crippen molar-refractivity contribution in [1.29, 1.82) is 0 Å². The van der Waals surface area contributed by atoms with Crippen molar-refractivity contribution >= 4 is 34.6 Å². The van der Waals surface area contributed by atoms with Crippen molar-refractivity contribution < 1.29 is 14.3 Å². The lowest BCUT2D eigenvalue weighted by Crippen LogP contribution is -2.12. The molecule has 1 aromatic heterocycles. The van der Waals surface area contributed by atoms with Crippen LogP contribution in [0.3, 0.4) is 0 Å². The Balaban J connectivity index is 1.80. The summed E-state index contributed by atoms with van der Waals surface area (Å²) in [5, 5.41) is 6.44. The number of nitrogens with zero attached hydrogens (tertiary/aromatic N) is 1. The van der Waals surface area contributed by atoms with E-state index >= 15 is 0 Å². The van der Waals surface area contributed by atoms with Crippen molar-refractivity contribution in [3.8, 4) is 11.5 Å². The molecule has 0 radical (unpaired) electrons. The van der Waals surface area contributed by atoms with Gasteiger partial charge in [-0.3, -0.25) is 9.78 Å².